The summed E-state index contributed by atoms with van der Waals surface area (Å²) < 4.78 is 31.7. The van der Waals surface area contributed by atoms with Gasteiger partial charge in [0.05, 0.1) is 29.2 Å². The zero-order valence-corrected chi connectivity index (χ0v) is 13.8. The number of amides is 1. The zero-order valence-electron chi connectivity index (χ0n) is 13.8. The highest BCUT2D eigenvalue weighted by Crippen LogP contribution is 2.28. The quantitative estimate of drug-likeness (QED) is 0.501. The molecule has 0 aliphatic rings. The number of nitrogens with zero attached hydrogens (tertiary/aromatic N) is 2. The van der Waals surface area contributed by atoms with Crippen LogP contribution in [0.1, 0.15) is 0 Å². The molecule has 0 aliphatic carbocycles. The number of rotatable bonds is 2. The molecular weight excluding hydrogens is 360 g/mol. The number of fused-ring (bicyclic) bond motifs is 2. The van der Waals surface area contributed by atoms with Gasteiger partial charge in [0.2, 0.25) is 5.95 Å². The summed E-state index contributed by atoms with van der Waals surface area (Å²) in [5.74, 6) is -2.02. The first kappa shape index (κ1) is 16.6. The van der Waals surface area contributed by atoms with E-state index < -0.39 is 23.3 Å². The van der Waals surface area contributed by atoms with Crippen LogP contribution in [0.5, 0.6) is 0 Å². The fourth-order valence-electron chi connectivity index (χ4n) is 2.74. The van der Waals surface area contributed by atoms with Crippen molar-refractivity contribution in [2.75, 3.05) is 12.4 Å². The van der Waals surface area contributed by atoms with Crippen molar-refractivity contribution in [3.63, 3.8) is 0 Å². The molecule has 0 aliphatic heterocycles. The molecule has 0 radical (unpaired) electrons. The van der Waals surface area contributed by atoms with Crippen LogP contribution in [0.4, 0.5) is 19.5 Å². The Morgan fingerprint density at radius 2 is 1.89 bits per heavy atom. The van der Waals surface area contributed by atoms with E-state index in [4.69, 9.17) is 0 Å². The number of aromatic amines is 2. The topological polar surface area (TPSA) is 113 Å². The van der Waals surface area contributed by atoms with Gasteiger partial charge in [0.1, 0.15) is 0 Å². The molecule has 2 aromatic carbocycles. The van der Waals surface area contributed by atoms with Crippen LogP contribution in [-0.4, -0.2) is 33.4 Å². The number of halogens is 2. The van der Waals surface area contributed by atoms with E-state index in [2.05, 4.69) is 30.2 Å². The highest BCUT2D eigenvalue weighted by molar-refractivity contribution is 5.96. The molecule has 0 fully saturated rings. The van der Waals surface area contributed by atoms with Crippen molar-refractivity contribution in [3.8, 4) is 11.3 Å². The Bertz CT molecular complexity index is 1260. The van der Waals surface area contributed by atoms with Crippen molar-refractivity contribution in [1.29, 1.82) is 0 Å². The summed E-state index contributed by atoms with van der Waals surface area (Å²) in [4.78, 5) is 30.3. The van der Waals surface area contributed by atoms with Gasteiger partial charge < -0.3 is 9.72 Å². The molecule has 3 N–H and O–H groups in total. The first-order valence-corrected chi connectivity index (χ1v) is 7.69. The Hall–Kier alpha value is -3.82. The van der Waals surface area contributed by atoms with Crippen molar-refractivity contribution in [3.05, 3.63) is 52.3 Å². The number of hydrogen-bond donors (Lipinski definition) is 3. The summed E-state index contributed by atoms with van der Waals surface area (Å²) in [6.45, 7) is 0. The van der Waals surface area contributed by atoms with Crippen LogP contribution < -0.4 is 10.9 Å². The minimum absolute atomic E-state index is 0.0194. The van der Waals surface area contributed by atoms with E-state index >= 15 is 0 Å². The van der Waals surface area contributed by atoms with E-state index in [9.17, 15) is 18.4 Å². The van der Waals surface area contributed by atoms with Crippen LogP contribution in [0.25, 0.3) is 33.1 Å². The lowest BCUT2D eigenvalue weighted by Gasteiger charge is -2.06. The fourth-order valence-corrected chi connectivity index (χ4v) is 2.74. The SMILES string of the molecule is COC(=O)Nc1nc2cc(-c3n[nH]c(=O)c4cc(F)c(F)cc34)ccc2[nH]1. The van der Waals surface area contributed by atoms with Gasteiger partial charge in [-0.2, -0.15) is 5.10 Å². The second kappa shape index (κ2) is 6.16. The zero-order chi connectivity index (χ0) is 19.1. The molecule has 0 unspecified atom stereocenters. The predicted molar refractivity (Wildman–Crippen MR) is 93.4 cm³/mol. The van der Waals surface area contributed by atoms with Crippen LogP contribution in [0.3, 0.4) is 0 Å². The third kappa shape index (κ3) is 2.86. The van der Waals surface area contributed by atoms with Crippen LogP contribution in [-0.2, 0) is 4.74 Å². The van der Waals surface area contributed by atoms with Crippen LogP contribution in [0.2, 0.25) is 0 Å². The molecule has 0 atom stereocenters. The number of ether oxygens (including phenoxy) is 1. The lowest BCUT2D eigenvalue weighted by molar-refractivity contribution is 0.186. The summed E-state index contributed by atoms with van der Waals surface area (Å²) >= 11 is 0. The fraction of sp³-hybridized carbons (Fsp3) is 0.0588. The lowest BCUT2D eigenvalue weighted by atomic mass is 10.0. The maximum Gasteiger partial charge on any atom is 0.413 e. The first-order chi connectivity index (χ1) is 13.0. The minimum atomic E-state index is -1.12. The Kier molecular flexibility index (Phi) is 3.80. The largest absolute Gasteiger partial charge is 0.453 e. The van der Waals surface area contributed by atoms with Gasteiger partial charge in [-0.25, -0.2) is 23.7 Å². The number of carbonyl (C=O) groups excluding carboxylic acids is 1. The Labute approximate surface area is 149 Å². The van der Waals surface area contributed by atoms with Crippen LogP contribution in [0, 0.1) is 11.6 Å². The first-order valence-electron chi connectivity index (χ1n) is 7.69. The van der Waals surface area contributed by atoms with Gasteiger partial charge in [0, 0.05) is 10.9 Å². The molecule has 2 aromatic heterocycles. The highest BCUT2D eigenvalue weighted by Gasteiger charge is 2.14. The summed E-state index contributed by atoms with van der Waals surface area (Å²) in [5, 5.41) is 8.80. The Balaban J connectivity index is 1.87. The number of aromatic nitrogens is 4. The third-order valence-corrected chi connectivity index (χ3v) is 3.99. The number of carbonyl (C=O) groups is 1. The monoisotopic (exact) mass is 371 g/mol. The predicted octanol–water partition coefficient (Wildman–Crippen LogP) is 2.92. The average Bonchev–Trinajstić information content (AvgIpc) is 3.05. The summed E-state index contributed by atoms with van der Waals surface area (Å²) in [6, 6.07) is 6.75. The van der Waals surface area contributed by atoms with Crippen molar-refractivity contribution < 1.29 is 18.3 Å². The van der Waals surface area contributed by atoms with Crippen LogP contribution in [0.15, 0.2) is 35.1 Å². The summed E-state index contributed by atoms with van der Waals surface area (Å²) in [7, 11) is 1.23. The van der Waals surface area contributed by atoms with Gasteiger partial charge in [0.15, 0.2) is 11.6 Å². The molecule has 4 aromatic rings. The Morgan fingerprint density at radius 3 is 2.63 bits per heavy atom. The van der Waals surface area contributed by atoms with E-state index in [1.807, 2.05) is 0 Å². The smallest absolute Gasteiger partial charge is 0.413 e. The Morgan fingerprint density at radius 1 is 1.15 bits per heavy atom. The number of H-pyrrole nitrogens is 2. The number of imidazole rings is 1. The van der Waals surface area contributed by atoms with Crippen molar-refractivity contribution in [1.82, 2.24) is 20.2 Å². The maximum atomic E-state index is 13.7. The van der Waals surface area contributed by atoms with Gasteiger partial charge in [-0.3, -0.25) is 10.1 Å². The second-order valence-electron chi connectivity index (χ2n) is 5.65. The van der Waals surface area contributed by atoms with Crippen molar-refractivity contribution in [2.24, 2.45) is 0 Å². The third-order valence-electron chi connectivity index (χ3n) is 3.99. The number of hydrogen-bond acceptors (Lipinski definition) is 5. The molecule has 1 amide bonds. The number of benzene rings is 2. The molecule has 27 heavy (non-hydrogen) atoms. The molecule has 8 nitrogen and oxygen atoms in total. The second-order valence-corrected chi connectivity index (χ2v) is 5.65. The van der Waals surface area contributed by atoms with E-state index in [-0.39, 0.29) is 22.4 Å². The van der Waals surface area contributed by atoms with E-state index in [0.29, 0.717) is 16.6 Å². The van der Waals surface area contributed by atoms with Gasteiger partial charge in [-0.15, -0.1) is 0 Å². The van der Waals surface area contributed by atoms with Crippen LogP contribution >= 0.6 is 0 Å². The van der Waals surface area contributed by atoms with Gasteiger partial charge >= 0.3 is 6.09 Å². The van der Waals surface area contributed by atoms with E-state index in [1.165, 1.54) is 7.11 Å². The molecule has 10 heteroatoms. The van der Waals surface area contributed by atoms with E-state index in [0.717, 1.165) is 12.1 Å². The van der Waals surface area contributed by atoms with Crippen molar-refractivity contribution in [2.45, 2.75) is 0 Å². The number of nitrogens with one attached hydrogen (secondary N) is 3. The van der Waals surface area contributed by atoms with Gasteiger partial charge in [0.25, 0.3) is 5.56 Å². The average molecular weight is 371 g/mol. The molecule has 0 saturated carbocycles. The molecule has 2 heterocycles. The molecule has 136 valence electrons. The molecule has 0 saturated heterocycles. The molecular formula is C17H11F2N5O3. The number of anilines is 1. The minimum Gasteiger partial charge on any atom is -0.453 e. The molecule has 0 bridgehead atoms. The van der Waals surface area contributed by atoms with E-state index in [1.54, 1.807) is 18.2 Å². The number of methoxy groups -OCH3 is 1. The van der Waals surface area contributed by atoms with Gasteiger partial charge in [-0.1, -0.05) is 6.07 Å². The standard InChI is InChI=1S/C17H11F2N5O3/c1-27-17(26)22-16-20-12-3-2-7(4-13(12)21-16)14-8-5-10(18)11(19)6-9(8)15(25)24-23-14/h2-6H,1H3,(H,24,25)(H2,20,21,22,26). The normalized spacial score (nSPS) is 11.1. The van der Waals surface area contributed by atoms with Gasteiger partial charge in [-0.05, 0) is 24.3 Å². The summed E-state index contributed by atoms with van der Waals surface area (Å²) in [6.07, 6.45) is -0.680. The lowest BCUT2D eigenvalue weighted by Crippen LogP contribution is -2.11. The molecule has 0 spiro atoms. The molecule has 4 rings (SSSR count). The highest BCUT2D eigenvalue weighted by atomic mass is 19.2. The summed E-state index contributed by atoms with van der Waals surface area (Å²) in [5.41, 5.74) is 1.26. The maximum absolute atomic E-state index is 13.7. The van der Waals surface area contributed by atoms with Crippen molar-refractivity contribution >= 4 is 33.8 Å².